The van der Waals surface area contributed by atoms with E-state index in [2.05, 4.69) is 10.6 Å². The minimum absolute atomic E-state index is 0.104. The Hall–Kier alpha value is -3.08. The molecule has 5 nitrogen and oxygen atoms in total. The van der Waals surface area contributed by atoms with Crippen molar-refractivity contribution in [1.82, 2.24) is 0 Å². The first-order chi connectivity index (χ1) is 10.6. The van der Waals surface area contributed by atoms with E-state index in [0.717, 1.165) is 28.6 Å². The molecule has 2 aromatic rings. The number of para-hydroxylation sites is 1. The maximum atomic E-state index is 12.1. The second-order valence-electron chi connectivity index (χ2n) is 4.95. The molecule has 1 heterocycles. The Balaban J connectivity index is 1.83. The van der Waals surface area contributed by atoms with Gasteiger partial charge in [-0.1, -0.05) is 30.3 Å². The lowest BCUT2D eigenvalue weighted by molar-refractivity contribution is -0.131. The van der Waals surface area contributed by atoms with Crippen LogP contribution in [-0.4, -0.2) is 17.0 Å². The molecule has 2 aromatic carbocycles. The van der Waals surface area contributed by atoms with Crippen molar-refractivity contribution >= 4 is 29.3 Å². The van der Waals surface area contributed by atoms with Crippen molar-refractivity contribution < 1.29 is 14.7 Å². The van der Waals surface area contributed by atoms with E-state index >= 15 is 0 Å². The molecule has 3 N–H and O–H groups in total. The highest BCUT2D eigenvalue weighted by Crippen LogP contribution is 2.32. The predicted octanol–water partition coefficient (Wildman–Crippen LogP) is 2.89. The molecule has 1 aliphatic heterocycles. The first-order valence-corrected chi connectivity index (χ1v) is 6.81. The van der Waals surface area contributed by atoms with Gasteiger partial charge < -0.3 is 15.7 Å². The minimum Gasteiger partial charge on any atom is -0.478 e. The second kappa shape index (κ2) is 5.73. The molecule has 1 unspecified atom stereocenters. The number of nitrogens with one attached hydrogen (secondary N) is 2. The van der Waals surface area contributed by atoms with Crippen LogP contribution in [0, 0.1) is 0 Å². The molecular weight excluding hydrogens is 280 g/mol. The lowest BCUT2D eigenvalue weighted by Crippen LogP contribution is -2.19. The molecule has 0 saturated heterocycles. The highest BCUT2D eigenvalue weighted by Gasteiger charge is 2.29. The fourth-order valence-corrected chi connectivity index (χ4v) is 2.42. The molecule has 5 heteroatoms. The maximum absolute atomic E-state index is 12.1. The summed E-state index contributed by atoms with van der Waals surface area (Å²) in [5, 5.41) is 14.7. The summed E-state index contributed by atoms with van der Waals surface area (Å²) in [4.78, 5) is 22.6. The van der Waals surface area contributed by atoms with Crippen molar-refractivity contribution in [1.29, 1.82) is 0 Å². The van der Waals surface area contributed by atoms with Gasteiger partial charge in [0.05, 0.1) is 0 Å². The average molecular weight is 294 g/mol. The standard InChI is InChI=1S/C17H14N2O3/c20-15(21)9-8-11-4-3-5-12(10-11)18-16-13-6-1-2-7-14(13)19-17(16)22/h1-10,16,18H,(H,19,22)(H,20,21)/b9-8+. The zero-order valence-corrected chi connectivity index (χ0v) is 11.6. The summed E-state index contributed by atoms with van der Waals surface area (Å²) in [6.07, 6.45) is 2.59. The zero-order valence-electron chi connectivity index (χ0n) is 11.6. The lowest BCUT2D eigenvalue weighted by atomic mass is 10.1. The minimum atomic E-state index is -0.998. The van der Waals surface area contributed by atoms with Gasteiger partial charge in [0.2, 0.25) is 0 Å². The van der Waals surface area contributed by atoms with Crippen LogP contribution in [0.3, 0.4) is 0 Å². The van der Waals surface area contributed by atoms with Crippen molar-refractivity contribution in [2.24, 2.45) is 0 Å². The fraction of sp³-hybridized carbons (Fsp3) is 0.0588. The Kier molecular flexibility index (Phi) is 3.62. The monoisotopic (exact) mass is 294 g/mol. The van der Waals surface area contributed by atoms with Crippen molar-refractivity contribution in [2.45, 2.75) is 6.04 Å². The highest BCUT2D eigenvalue weighted by atomic mass is 16.4. The van der Waals surface area contributed by atoms with Gasteiger partial charge in [0.25, 0.3) is 5.91 Å². The van der Waals surface area contributed by atoms with Crippen LogP contribution in [0.1, 0.15) is 17.2 Å². The first-order valence-electron chi connectivity index (χ1n) is 6.81. The average Bonchev–Trinajstić information content (AvgIpc) is 2.82. The smallest absolute Gasteiger partial charge is 0.328 e. The molecule has 1 amide bonds. The predicted molar refractivity (Wildman–Crippen MR) is 84.5 cm³/mol. The van der Waals surface area contributed by atoms with E-state index in [4.69, 9.17) is 5.11 Å². The van der Waals surface area contributed by atoms with Crippen molar-refractivity contribution in [3.63, 3.8) is 0 Å². The second-order valence-corrected chi connectivity index (χ2v) is 4.95. The van der Waals surface area contributed by atoms with Gasteiger partial charge in [-0.05, 0) is 29.8 Å². The molecule has 0 spiro atoms. The summed E-state index contributed by atoms with van der Waals surface area (Å²) in [6, 6.07) is 14.3. The molecule has 1 aliphatic rings. The topological polar surface area (TPSA) is 78.4 Å². The molecule has 110 valence electrons. The van der Waals surface area contributed by atoms with Crippen molar-refractivity contribution in [2.75, 3.05) is 10.6 Å². The summed E-state index contributed by atoms with van der Waals surface area (Å²) < 4.78 is 0. The van der Waals surface area contributed by atoms with Crippen LogP contribution in [0.2, 0.25) is 0 Å². The molecule has 0 aliphatic carbocycles. The third-order valence-electron chi connectivity index (χ3n) is 3.41. The Labute approximate surface area is 127 Å². The Morgan fingerprint density at radius 1 is 1.18 bits per heavy atom. The molecule has 3 rings (SSSR count). The highest BCUT2D eigenvalue weighted by molar-refractivity contribution is 6.04. The van der Waals surface area contributed by atoms with E-state index in [1.807, 2.05) is 36.4 Å². The number of benzene rings is 2. The van der Waals surface area contributed by atoms with E-state index in [0.29, 0.717) is 0 Å². The summed E-state index contributed by atoms with van der Waals surface area (Å²) >= 11 is 0. The molecular formula is C17H14N2O3. The molecule has 0 radical (unpaired) electrons. The number of rotatable bonds is 4. The summed E-state index contributed by atoms with van der Waals surface area (Å²) in [5.74, 6) is -1.10. The molecule has 0 saturated carbocycles. The van der Waals surface area contributed by atoms with Crippen LogP contribution in [0.15, 0.2) is 54.6 Å². The number of carbonyl (C=O) groups excluding carboxylic acids is 1. The van der Waals surface area contributed by atoms with E-state index in [1.54, 1.807) is 12.1 Å². The third-order valence-corrected chi connectivity index (χ3v) is 3.41. The normalized spacial score (nSPS) is 16.4. The Morgan fingerprint density at radius 2 is 2.00 bits per heavy atom. The number of carbonyl (C=O) groups is 2. The molecule has 22 heavy (non-hydrogen) atoms. The number of hydrogen-bond acceptors (Lipinski definition) is 3. The Bertz CT molecular complexity index is 768. The first kappa shape index (κ1) is 13.9. The lowest BCUT2D eigenvalue weighted by Gasteiger charge is -2.13. The number of anilines is 2. The number of carboxylic acids is 1. The van der Waals surface area contributed by atoms with Crippen LogP contribution < -0.4 is 10.6 Å². The van der Waals surface area contributed by atoms with Gasteiger partial charge in [-0.3, -0.25) is 4.79 Å². The van der Waals surface area contributed by atoms with Gasteiger partial charge in [0.1, 0.15) is 6.04 Å². The van der Waals surface area contributed by atoms with Gasteiger partial charge in [-0.25, -0.2) is 4.79 Å². The van der Waals surface area contributed by atoms with Crippen LogP contribution in [0.4, 0.5) is 11.4 Å². The van der Waals surface area contributed by atoms with Crippen molar-refractivity contribution in [3.8, 4) is 0 Å². The summed E-state index contributed by atoms with van der Waals surface area (Å²) in [5.41, 5.74) is 3.22. The van der Waals surface area contributed by atoms with E-state index < -0.39 is 12.0 Å². The largest absolute Gasteiger partial charge is 0.478 e. The quantitative estimate of drug-likeness (QED) is 0.758. The summed E-state index contributed by atoms with van der Waals surface area (Å²) in [6.45, 7) is 0. The van der Waals surface area contributed by atoms with Gasteiger partial charge in [-0.15, -0.1) is 0 Å². The van der Waals surface area contributed by atoms with Crippen LogP contribution in [0.25, 0.3) is 6.08 Å². The fourth-order valence-electron chi connectivity index (χ4n) is 2.42. The van der Waals surface area contributed by atoms with Gasteiger partial charge >= 0.3 is 5.97 Å². The number of aliphatic carboxylic acids is 1. The Morgan fingerprint density at radius 3 is 2.82 bits per heavy atom. The van der Waals surface area contributed by atoms with E-state index in [-0.39, 0.29) is 5.91 Å². The van der Waals surface area contributed by atoms with Gasteiger partial charge in [-0.2, -0.15) is 0 Å². The van der Waals surface area contributed by atoms with E-state index in [9.17, 15) is 9.59 Å². The number of fused-ring (bicyclic) bond motifs is 1. The number of hydrogen-bond donors (Lipinski definition) is 3. The third kappa shape index (κ3) is 2.83. The van der Waals surface area contributed by atoms with Crippen LogP contribution in [0.5, 0.6) is 0 Å². The summed E-state index contributed by atoms with van der Waals surface area (Å²) in [7, 11) is 0. The van der Waals surface area contributed by atoms with Crippen LogP contribution in [-0.2, 0) is 9.59 Å². The molecule has 1 atom stereocenters. The zero-order chi connectivity index (χ0) is 15.5. The van der Waals surface area contributed by atoms with E-state index in [1.165, 1.54) is 6.08 Å². The van der Waals surface area contributed by atoms with Crippen LogP contribution >= 0.6 is 0 Å². The SMILES string of the molecule is O=C(O)/C=C/c1cccc(NC2C(=O)Nc3ccccc32)c1. The number of carboxylic acid groups (broad SMARTS) is 1. The van der Waals surface area contributed by atoms with Crippen molar-refractivity contribution in [3.05, 3.63) is 65.7 Å². The number of amides is 1. The van der Waals surface area contributed by atoms with Gasteiger partial charge in [0, 0.05) is 23.0 Å². The maximum Gasteiger partial charge on any atom is 0.328 e. The molecule has 0 bridgehead atoms. The molecule has 0 aromatic heterocycles. The van der Waals surface area contributed by atoms with Gasteiger partial charge in [0.15, 0.2) is 0 Å². The molecule has 0 fully saturated rings.